The largest absolute Gasteiger partial charge is 0.243 e. The fourth-order valence-corrected chi connectivity index (χ4v) is 5.18. The predicted molar refractivity (Wildman–Crippen MR) is 85.8 cm³/mol. The number of rotatable bonds is 4. The Morgan fingerprint density at radius 2 is 1.90 bits per heavy atom. The minimum Gasteiger partial charge on any atom is -0.211 e. The molecule has 0 aliphatic heterocycles. The van der Waals surface area contributed by atoms with Gasteiger partial charge in [-0.25, -0.2) is 13.1 Å². The van der Waals surface area contributed by atoms with Gasteiger partial charge >= 0.3 is 0 Å². The summed E-state index contributed by atoms with van der Waals surface area (Å²) in [4.78, 5) is -0.0598. The molecule has 1 aliphatic carbocycles. The van der Waals surface area contributed by atoms with E-state index in [0.29, 0.717) is 16.9 Å². The number of benzene rings is 1. The molecular weight excluding hydrogens is 385 g/mol. The third-order valence-electron chi connectivity index (χ3n) is 3.17. The van der Waals surface area contributed by atoms with Crippen LogP contribution in [0.5, 0.6) is 0 Å². The van der Waals surface area contributed by atoms with Gasteiger partial charge in [0.15, 0.2) is 0 Å². The molecule has 0 spiro atoms. The number of hydrogen-bond acceptors (Lipinski definition) is 2. The van der Waals surface area contributed by atoms with E-state index in [1.807, 2.05) is 0 Å². The van der Waals surface area contributed by atoms with E-state index in [2.05, 4.69) is 32.8 Å². The van der Waals surface area contributed by atoms with Crippen molar-refractivity contribution in [2.75, 3.05) is 6.54 Å². The van der Waals surface area contributed by atoms with Gasteiger partial charge in [0.25, 0.3) is 0 Å². The minimum absolute atomic E-state index is 0.0598. The van der Waals surface area contributed by atoms with Crippen LogP contribution in [0.3, 0.4) is 0 Å². The van der Waals surface area contributed by atoms with Crippen LogP contribution in [0.4, 0.5) is 0 Å². The molecule has 20 heavy (non-hydrogen) atoms. The Morgan fingerprint density at radius 1 is 1.25 bits per heavy atom. The van der Waals surface area contributed by atoms with Crippen LogP contribution in [0.1, 0.15) is 19.3 Å². The minimum atomic E-state index is -3.70. The molecule has 3 nitrogen and oxygen atoms in total. The molecule has 1 unspecified atom stereocenters. The van der Waals surface area contributed by atoms with Gasteiger partial charge in [0, 0.05) is 11.0 Å². The molecule has 0 aromatic heterocycles. The molecule has 2 rings (SSSR count). The van der Waals surface area contributed by atoms with Crippen molar-refractivity contribution >= 4 is 49.2 Å². The van der Waals surface area contributed by atoms with Crippen molar-refractivity contribution in [2.45, 2.75) is 24.2 Å². The molecule has 1 N–H and O–H groups in total. The highest BCUT2D eigenvalue weighted by Crippen LogP contribution is 2.32. The van der Waals surface area contributed by atoms with Crippen LogP contribution in [-0.2, 0) is 10.0 Å². The predicted octanol–water partition coefficient (Wildman–Crippen LogP) is 4.39. The SMILES string of the molecule is O=S(=O)(NCC1CC=CCC1)c1c(Cl)cc(Br)cc1Cl. The molecule has 110 valence electrons. The van der Waals surface area contributed by atoms with Crippen molar-refractivity contribution in [3.63, 3.8) is 0 Å². The maximum atomic E-state index is 12.3. The van der Waals surface area contributed by atoms with E-state index in [0.717, 1.165) is 19.3 Å². The maximum Gasteiger partial charge on any atom is 0.243 e. The maximum absolute atomic E-state index is 12.3. The molecule has 0 fully saturated rings. The molecule has 0 saturated carbocycles. The molecular formula is C13H14BrCl2NO2S. The second kappa shape index (κ2) is 6.79. The summed E-state index contributed by atoms with van der Waals surface area (Å²) >= 11 is 15.2. The molecule has 1 aromatic rings. The second-order valence-corrected chi connectivity index (χ2v) is 8.13. The zero-order chi connectivity index (χ0) is 14.8. The van der Waals surface area contributed by atoms with Crippen molar-refractivity contribution < 1.29 is 8.42 Å². The highest BCUT2D eigenvalue weighted by atomic mass is 79.9. The first-order chi connectivity index (χ1) is 9.40. The van der Waals surface area contributed by atoms with Crippen LogP contribution in [-0.4, -0.2) is 15.0 Å². The first-order valence-corrected chi connectivity index (χ1v) is 9.22. The number of sulfonamides is 1. The van der Waals surface area contributed by atoms with Crippen LogP contribution in [0.15, 0.2) is 33.7 Å². The van der Waals surface area contributed by atoms with Gasteiger partial charge in [-0.2, -0.15) is 0 Å². The molecule has 0 heterocycles. The van der Waals surface area contributed by atoms with Gasteiger partial charge in [-0.3, -0.25) is 0 Å². The Kier molecular flexibility index (Phi) is 5.54. The third-order valence-corrected chi connectivity index (χ3v) is 5.97. The van der Waals surface area contributed by atoms with Crippen LogP contribution >= 0.6 is 39.1 Å². The van der Waals surface area contributed by atoms with Gasteiger partial charge < -0.3 is 0 Å². The van der Waals surface area contributed by atoms with Crippen molar-refractivity contribution in [1.29, 1.82) is 0 Å². The molecule has 0 bridgehead atoms. The van der Waals surface area contributed by atoms with Crippen LogP contribution in [0.2, 0.25) is 10.0 Å². The molecule has 1 aliphatic rings. The summed E-state index contributed by atoms with van der Waals surface area (Å²) in [6.07, 6.45) is 7.08. The second-order valence-electron chi connectivity index (χ2n) is 4.70. The molecule has 7 heteroatoms. The van der Waals surface area contributed by atoms with E-state index < -0.39 is 10.0 Å². The monoisotopic (exact) mass is 397 g/mol. The molecule has 0 radical (unpaired) electrons. The Bertz CT molecular complexity index is 608. The van der Waals surface area contributed by atoms with Crippen LogP contribution < -0.4 is 4.72 Å². The van der Waals surface area contributed by atoms with E-state index in [1.165, 1.54) is 12.1 Å². The summed E-state index contributed by atoms with van der Waals surface area (Å²) < 4.78 is 27.9. The normalized spacial score (nSPS) is 19.2. The van der Waals surface area contributed by atoms with E-state index in [-0.39, 0.29) is 14.9 Å². The topological polar surface area (TPSA) is 46.2 Å². The fraction of sp³-hybridized carbons (Fsp3) is 0.385. The molecule has 1 atom stereocenters. The van der Waals surface area contributed by atoms with Crippen molar-refractivity contribution in [3.05, 3.63) is 38.8 Å². The average molecular weight is 399 g/mol. The van der Waals surface area contributed by atoms with E-state index in [4.69, 9.17) is 23.2 Å². The average Bonchev–Trinajstić information content (AvgIpc) is 2.36. The van der Waals surface area contributed by atoms with Gasteiger partial charge in [-0.15, -0.1) is 0 Å². The lowest BCUT2D eigenvalue weighted by Crippen LogP contribution is -2.30. The number of halogens is 3. The highest BCUT2D eigenvalue weighted by Gasteiger charge is 2.23. The van der Waals surface area contributed by atoms with E-state index in [9.17, 15) is 8.42 Å². The number of nitrogens with one attached hydrogen (secondary N) is 1. The summed E-state index contributed by atoms with van der Waals surface area (Å²) in [7, 11) is -3.70. The van der Waals surface area contributed by atoms with Gasteiger partial charge in [0.05, 0.1) is 10.0 Å². The highest BCUT2D eigenvalue weighted by molar-refractivity contribution is 9.10. The van der Waals surface area contributed by atoms with Crippen molar-refractivity contribution in [2.24, 2.45) is 5.92 Å². The number of allylic oxidation sites excluding steroid dienone is 2. The van der Waals surface area contributed by atoms with Crippen LogP contribution in [0, 0.1) is 5.92 Å². The van der Waals surface area contributed by atoms with Gasteiger partial charge in [0.1, 0.15) is 4.90 Å². The van der Waals surface area contributed by atoms with E-state index in [1.54, 1.807) is 0 Å². The zero-order valence-electron chi connectivity index (χ0n) is 10.6. The quantitative estimate of drug-likeness (QED) is 0.764. The first kappa shape index (κ1) is 16.3. The lowest BCUT2D eigenvalue weighted by atomic mass is 9.95. The third kappa shape index (κ3) is 3.98. The summed E-state index contributed by atoms with van der Waals surface area (Å²) in [5, 5.41) is 0.223. The molecule has 0 amide bonds. The zero-order valence-corrected chi connectivity index (χ0v) is 14.5. The smallest absolute Gasteiger partial charge is 0.211 e. The summed E-state index contributed by atoms with van der Waals surface area (Å²) in [5.41, 5.74) is 0. The van der Waals surface area contributed by atoms with Crippen molar-refractivity contribution in [1.82, 2.24) is 4.72 Å². The van der Waals surface area contributed by atoms with Gasteiger partial charge in [0.2, 0.25) is 10.0 Å². The summed E-state index contributed by atoms with van der Waals surface area (Å²) in [6.45, 7) is 0.398. The Balaban J connectivity index is 2.16. The van der Waals surface area contributed by atoms with Gasteiger partial charge in [-0.1, -0.05) is 51.3 Å². The Hall–Kier alpha value is -0.0700. The van der Waals surface area contributed by atoms with Crippen molar-refractivity contribution in [3.8, 4) is 0 Å². The lowest BCUT2D eigenvalue weighted by Gasteiger charge is -2.18. The molecule has 0 saturated heterocycles. The van der Waals surface area contributed by atoms with Crippen LogP contribution in [0.25, 0.3) is 0 Å². The fourth-order valence-electron chi connectivity index (χ4n) is 2.13. The van der Waals surface area contributed by atoms with E-state index >= 15 is 0 Å². The molecule has 1 aromatic carbocycles. The lowest BCUT2D eigenvalue weighted by molar-refractivity contribution is 0.468. The first-order valence-electron chi connectivity index (χ1n) is 6.19. The summed E-state index contributed by atoms with van der Waals surface area (Å²) in [5.74, 6) is 0.322. The summed E-state index contributed by atoms with van der Waals surface area (Å²) in [6, 6.07) is 3.04. The number of hydrogen-bond donors (Lipinski definition) is 1. The Labute approximate surface area is 137 Å². The Morgan fingerprint density at radius 3 is 2.45 bits per heavy atom. The van der Waals surface area contributed by atoms with Gasteiger partial charge in [-0.05, 0) is 37.3 Å². The standard InChI is InChI=1S/C13H14BrCl2NO2S/c14-10-6-11(15)13(12(16)7-10)20(18,19)17-8-9-4-2-1-3-5-9/h1-2,6-7,9,17H,3-5,8H2.